The van der Waals surface area contributed by atoms with Crippen LogP contribution in [0.3, 0.4) is 0 Å². The van der Waals surface area contributed by atoms with Gasteiger partial charge >= 0.3 is 0 Å². The van der Waals surface area contributed by atoms with Crippen molar-refractivity contribution >= 4 is 5.91 Å². The normalized spacial score (nSPS) is 11.2. The lowest BCUT2D eigenvalue weighted by Crippen LogP contribution is -2.19. The number of terminal acetylenes is 1. The smallest absolute Gasteiger partial charge is 0.239 e. The maximum absolute atomic E-state index is 12.6. The Morgan fingerprint density at radius 3 is 2.44 bits per heavy atom. The van der Waals surface area contributed by atoms with Crippen molar-refractivity contribution < 1.29 is 4.79 Å². The molecule has 2 aromatic rings. The maximum atomic E-state index is 12.6. The number of benzene rings is 1. The minimum atomic E-state index is -0.223. The zero-order valence-corrected chi connectivity index (χ0v) is 15.7. The Hall–Kier alpha value is -2.60. The number of carbonyl (C=O) groups is 1. The number of nitrogens with zero attached hydrogens (tertiary/aromatic N) is 2. The van der Waals surface area contributed by atoms with Gasteiger partial charge in [0.1, 0.15) is 6.33 Å². The zero-order valence-electron chi connectivity index (χ0n) is 15.7. The number of rotatable bonds is 5. The monoisotopic (exact) mass is 336 g/mol. The van der Waals surface area contributed by atoms with E-state index in [-0.39, 0.29) is 11.8 Å². The first-order valence-electron chi connectivity index (χ1n) is 8.59. The van der Waals surface area contributed by atoms with Gasteiger partial charge in [0.25, 0.3) is 0 Å². The highest BCUT2D eigenvalue weighted by atomic mass is 16.2. The van der Waals surface area contributed by atoms with Crippen LogP contribution in [0.5, 0.6) is 0 Å². The number of hydrogen-bond donors (Lipinski definition) is 0. The van der Waals surface area contributed by atoms with Crippen LogP contribution in [-0.2, 0) is 12.8 Å². The van der Waals surface area contributed by atoms with Gasteiger partial charge in [0, 0.05) is 6.20 Å². The molecule has 25 heavy (non-hydrogen) atoms. The second-order valence-electron chi connectivity index (χ2n) is 6.44. The Morgan fingerprint density at radius 2 is 1.92 bits per heavy atom. The number of allylic oxidation sites excluding steroid dienone is 1. The molecular formula is C22H28N2O. The van der Waals surface area contributed by atoms with Crippen LogP contribution in [0.4, 0.5) is 0 Å². The average molecular weight is 336 g/mol. The van der Waals surface area contributed by atoms with Crippen LogP contribution in [-0.4, -0.2) is 15.5 Å². The first-order chi connectivity index (χ1) is 11.9. The number of aromatic nitrogens is 2. The lowest BCUT2D eigenvalue weighted by molar-refractivity contribution is 0.0881. The van der Waals surface area contributed by atoms with E-state index in [2.05, 4.69) is 43.5 Å². The molecule has 1 heterocycles. The highest BCUT2D eigenvalue weighted by Crippen LogP contribution is 2.20. The molecule has 0 aliphatic heterocycles. The third kappa shape index (κ3) is 6.08. The van der Waals surface area contributed by atoms with Crippen LogP contribution in [0.15, 0.2) is 49.4 Å². The predicted molar refractivity (Wildman–Crippen MR) is 105 cm³/mol. The van der Waals surface area contributed by atoms with Crippen molar-refractivity contribution in [3.63, 3.8) is 0 Å². The quantitative estimate of drug-likeness (QED) is 0.575. The average Bonchev–Trinajstić information content (AvgIpc) is 3.03. The van der Waals surface area contributed by atoms with E-state index in [1.165, 1.54) is 5.56 Å². The van der Waals surface area contributed by atoms with Crippen LogP contribution >= 0.6 is 0 Å². The van der Waals surface area contributed by atoms with E-state index in [9.17, 15) is 4.79 Å². The summed E-state index contributed by atoms with van der Waals surface area (Å²) in [5.41, 5.74) is 3.07. The van der Waals surface area contributed by atoms with E-state index in [1.807, 2.05) is 26.0 Å². The summed E-state index contributed by atoms with van der Waals surface area (Å²) in [5, 5.41) is 0. The van der Waals surface area contributed by atoms with Gasteiger partial charge in [-0.25, -0.2) is 4.98 Å². The molecule has 1 unspecified atom stereocenters. The molecule has 0 aliphatic rings. The summed E-state index contributed by atoms with van der Waals surface area (Å²) in [5.74, 6) is 2.96. The Labute approximate surface area is 151 Å². The molecule has 3 heteroatoms. The Morgan fingerprint density at radius 1 is 1.32 bits per heavy atom. The SMILES string of the molecule is C#CCc1cncn1C(=O)C(C)c1ccc(CC(C)C)cc1.C=CC. The highest BCUT2D eigenvalue weighted by Gasteiger charge is 2.19. The molecule has 132 valence electrons. The summed E-state index contributed by atoms with van der Waals surface area (Å²) in [6.07, 6.45) is 11.7. The summed E-state index contributed by atoms with van der Waals surface area (Å²) in [6, 6.07) is 8.29. The first-order valence-corrected chi connectivity index (χ1v) is 8.59. The highest BCUT2D eigenvalue weighted by molar-refractivity contribution is 5.86. The predicted octanol–water partition coefficient (Wildman–Crippen LogP) is 4.89. The topological polar surface area (TPSA) is 34.9 Å². The molecule has 0 aliphatic carbocycles. The largest absolute Gasteiger partial charge is 0.273 e. The summed E-state index contributed by atoms with van der Waals surface area (Å²) >= 11 is 0. The summed E-state index contributed by atoms with van der Waals surface area (Å²) < 4.78 is 1.56. The fourth-order valence-electron chi connectivity index (χ4n) is 2.52. The van der Waals surface area contributed by atoms with Gasteiger partial charge in [-0.3, -0.25) is 9.36 Å². The van der Waals surface area contributed by atoms with Gasteiger partial charge in [0.2, 0.25) is 5.91 Å². The molecule has 1 aromatic heterocycles. The first kappa shape index (κ1) is 20.4. The van der Waals surface area contributed by atoms with Crippen molar-refractivity contribution in [3.8, 4) is 12.3 Å². The number of hydrogen-bond acceptors (Lipinski definition) is 2. The van der Waals surface area contributed by atoms with Crippen molar-refractivity contribution in [2.45, 2.75) is 46.5 Å². The Balaban J connectivity index is 0.000000970. The van der Waals surface area contributed by atoms with E-state index < -0.39 is 0 Å². The molecule has 1 aromatic carbocycles. The third-order valence-corrected chi connectivity index (χ3v) is 3.73. The van der Waals surface area contributed by atoms with Gasteiger partial charge in [0.15, 0.2) is 0 Å². The molecule has 0 saturated heterocycles. The van der Waals surface area contributed by atoms with Gasteiger partial charge in [-0.1, -0.05) is 44.2 Å². The summed E-state index contributed by atoms with van der Waals surface area (Å²) in [4.78, 5) is 16.7. The standard InChI is InChI=1S/C19H22N2O.C3H6/c1-5-6-18-12-20-13-21(18)19(22)15(4)17-9-7-16(8-10-17)11-14(2)3;1-3-2/h1,7-10,12-15H,6,11H2,2-4H3;3H,1H2,2H3. The Kier molecular flexibility index (Phi) is 8.43. The molecule has 1 atom stereocenters. The molecule has 0 bridgehead atoms. The van der Waals surface area contributed by atoms with Crippen molar-refractivity contribution in [1.29, 1.82) is 0 Å². The van der Waals surface area contributed by atoms with Crippen LogP contribution < -0.4 is 0 Å². The van der Waals surface area contributed by atoms with E-state index in [0.29, 0.717) is 12.3 Å². The fraction of sp³-hybridized carbons (Fsp3) is 0.364. The van der Waals surface area contributed by atoms with Crippen LogP contribution in [0.1, 0.15) is 55.2 Å². The fourth-order valence-corrected chi connectivity index (χ4v) is 2.52. The third-order valence-electron chi connectivity index (χ3n) is 3.73. The van der Waals surface area contributed by atoms with E-state index in [0.717, 1.165) is 17.7 Å². The molecule has 2 rings (SSSR count). The van der Waals surface area contributed by atoms with Crippen molar-refractivity contribution in [2.24, 2.45) is 5.92 Å². The minimum absolute atomic E-state index is 0.000593. The van der Waals surface area contributed by atoms with Gasteiger partial charge in [-0.2, -0.15) is 0 Å². The molecular weight excluding hydrogens is 308 g/mol. The Bertz CT molecular complexity index is 717. The van der Waals surface area contributed by atoms with Crippen molar-refractivity contribution in [1.82, 2.24) is 9.55 Å². The lowest BCUT2D eigenvalue weighted by Gasteiger charge is -2.14. The van der Waals surface area contributed by atoms with Crippen LogP contribution in [0.2, 0.25) is 0 Å². The zero-order chi connectivity index (χ0) is 18.8. The van der Waals surface area contributed by atoms with E-state index in [1.54, 1.807) is 23.2 Å². The molecule has 0 radical (unpaired) electrons. The molecule has 0 amide bonds. The second kappa shape index (κ2) is 10.3. The molecule has 3 nitrogen and oxygen atoms in total. The van der Waals surface area contributed by atoms with Crippen molar-refractivity contribution in [3.05, 3.63) is 66.3 Å². The van der Waals surface area contributed by atoms with Gasteiger partial charge in [0.05, 0.1) is 18.0 Å². The second-order valence-corrected chi connectivity index (χ2v) is 6.44. The summed E-state index contributed by atoms with van der Waals surface area (Å²) in [6.45, 7) is 11.6. The van der Waals surface area contributed by atoms with Gasteiger partial charge < -0.3 is 0 Å². The number of carbonyl (C=O) groups excluding carboxylic acids is 1. The molecule has 0 N–H and O–H groups in total. The molecule has 0 saturated carbocycles. The van der Waals surface area contributed by atoms with E-state index >= 15 is 0 Å². The molecule has 0 fully saturated rings. The molecule has 0 spiro atoms. The number of imidazole rings is 1. The maximum Gasteiger partial charge on any atom is 0.239 e. The van der Waals surface area contributed by atoms with Crippen molar-refractivity contribution in [2.75, 3.05) is 0 Å². The van der Waals surface area contributed by atoms with Gasteiger partial charge in [-0.15, -0.1) is 18.9 Å². The van der Waals surface area contributed by atoms with Crippen LogP contribution in [0, 0.1) is 18.3 Å². The van der Waals surface area contributed by atoms with E-state index in [4.69, 9.17) is 6.42 Å². The summed E-state index contributed by atoms with van der Waals surface area (Å²) in [7, 11) is 0. The lowest BCUT2D eigenvalue weighted by atomic mass is 9.96. The van der Waals surface area contributed by atoms with Gasteiger partial charge in [-0.05, 0) is 37.3 Å². The van der Waals surface area contributed by atoms with Crippen LogP contribution in [0.25, 0.3) is 0 Å². The minimum Gasteiger partial charge on any atom is -0.273 e.